The van der Waals surface area contributed by atoms with Crippen molar-refractivity contribution in [2.24, 2.45) is 0 Å². The molecule has 0 bridgehead atoms. The number of amides is 1. The first-order chi connectivity index (χ1) is 8.86. The largest absolute Gasteiger partial charge is 0.416 e. The summed E-state index contributed by atoms with van der Waals surface area (Å²) >= 11 is 5.63. The molecule has 1 heterocycles. The standard InChI is InChI=1S/C12H8ClF3N2O/c13-8-5-10(17-6-8)11(19)18-9-3-1-2-7(4-9)12(14,15)16/h1-6,17H,(H,18,19). The molecule has 0 fully saturated rings. The fourth-order valence-electron chi connectivity index (χ4n) is 1.47. The zero-order valence-electron chi connectivity index (χ0n) is 9.38. The fraction of sp³-hybridized carbons (Fsp3) is 0.0833. The molecule has 2 N–H and O–H groups in total. The van der Waals surface area contributed by atoms with Gasteiger partial charge in [-0.1, -0.05) is 17.7 Å². The fourth-order valence-corrected chi connectivity index (χ4v) is 1.63. The third-order valence-corrected chi connectivity index (χ3v) is 2.56. The van der Waals surface area contributed by atoms with Crippen molar-refractivity contribution in [1.82, 2.24) is 4.98 Å². The first-order valence-electron chi connectivity index (χ1n) is 5.19. The number of carbonyl (C=O) groups excluding carboxylic acids is 1. The summed E-state index contributed by atoms with van der Waals surface area (Å²) in [4.78, 5) is 14.3. The molecule has 0 aliphatic rings. The number of aromatic amines is 1. The van der Waals surface area contributed by atoms with Gasteiger partial charge in [0, 0.05) is 11.9 Å². The monoisotopic (exact) mass is 288 g/mol. The van der Waals surface area contributed by atoms with Crippen LogP contribution in [0.4, 0.5) is 18.9 Å². The Labute approximate surface area is 111 Å². The maximum absolute atomic E-state index is 12.5. The van der Waals surface area contributed by atoms with Gasteiger partial charge in [0.25, 0.3) is 5.91 Å². The van der Waals surface area contributed by atoms with Crippen molar-refractivity contribution in [3.8, 4) is 0 Å². The normalized spacial score (nSPS) is 11.4. The number of nitrogens with one attached hydrogen (secondary N) is 2. The van der Waals surface area contributed by atoms with Gasteiger partial charge in [0.15, 0.2) is 0 Å². The third kappa shape index (κ3) is 3.29. The van der Waals surface area contributed by atoms with Crippen molar-refractivity contribution in [2.45, 2.75) is 6.18 Å². The van der Waals surface area contributed by atoms with E-state index < -0.39 is 17.6 Å². The highest BCUT2D eigenvalue weighted by Crippen LogP contribution is 2.30. The van der Waals surface area contributed by atoms with Crippen LogP contribution in [0, 0.1) is 0 Å². The molecule has 7 heteroatoms. The maximum atomic E-state index is 12.5. The van der Waals surface area contributed by atoms with Gasteiger partial charge in [-0.3, -0.25) is 4.79 Å². The molecule has 3 nitrogen and oxygen atoms in total. The van der Waals surface area contributed by atoms with E-state index in [1.54, 1.807) is 0 Å². The second-order valence-electron chi connectivity index (χ2n) is 3.76. The van der Waals surface area contributed by atoms with E-state index in [4.69, 9.17) is 11.6 Å². The molecule has 0 radical (unpaired) electrons. The van der Waals surface area contributed by atoms with Gasteiger partial charge in [-0.15, -0.1) is 0 Å². The quantitative estimate of drug-likeness (QED) is 0.864. The van der Waals surface area contributed by atoms with Gasteiger partial charge < -0.3 is 10.3 Å². The average Bonchev–Trinajstić information content (AvgIpc) is 2.75. The summed E-state index contributed by atoms with van der Waals surface area (Å²) in [6.45, 7) is 0. The smallest absolute Gasteiger partial charge is 0.356 e. The summed E-state index contributed by atoms with van der Waals surface area (Å²) in [5, 5.41) is 2.70. The number of H-pyrrole nitrogens is 1. The van der Waals surface area contributed by atoms with Gasteiger partial charge >= 0.3 is 6.18 Å². The van der Waals surface area contributed by atoms with Crippen LogP contribution < -0.4 is 5.32 Å². The van der Waals surface area contributed by atoms with Gasteiger partial charge in [0.05, 0.1) is 10.6 Å². The molecule has 100 valence electrons. The van der Waals surface area contributed by atoms with Gasteiger partial charge in [0.1, 0.15) is 5.69 Å². The number of halogens is 4. The van der Waals surface area contributed by atoms with Crippen molar-refractivity contribution < 1.29 is 18.0 Å². The van der Waals surface area contributed by atoms with E-state index >= 15 is 0 Å². The van der Waals surface area contributed by atoms with Gasteiger partial charge in [-0.2, -0.15) is 13.2 Å². The Morgan fingerprint density at radius 3 is 2.58 bits per heavy atom. The number of anilines is 1. The first-order valence-corrected chi connectivity index (χ1v) is 5.56. The van der Waals surface area contributed by atoms with E-state index in [0.717, 1.165) is 12.1 Å². The minimum Gasteiger partial charge on any atom is -0.356 e. The van der Waals surface area contributed by atoms with E-state index in [1.165, 1.54) is 24.4 Å². The zero-order chi connectivity index (χ0) is 14.0. The molecule has 0 atom stereocenters. The number of hydrogen-bond donors (Lipinski definition) is 2. The van der Waals surface area contributed by atoms with Crippen LogP contribution in [-0.2, 0) is 6.18 Å². The topological polar surface area (TPSA) is 44.9 Å². The lowest BCUT2D eigenvalue weighted by molar-refractivity contribution is -0.137. The van der Waals surface area contributed by atoms with Crippen molar-refractivity contribution in [1.29, 1.82) is 0 Å². The predicted octanol–water partition coefficient (Wildman–Crippen LogP) is 3.94. The lowest BCUT2D eigenvalue weighted by Crippen LogP contribution is -2.13. The van der Waals surface area contributed by atoms with Crippen LogP contribution in [-0.4, -0.2) is 10.9 Å². The molecule has 0 aliphatic carbocycles. The SMILES string of the molecule is O=C(Nc1cccc(C(F)(F)F)c1)c1cc(Cl)c[nH]1. The highest BCUT2D eigenvalue weighted by Gasteiger charge is 2.30. The number of alkyl halides is 3. The van der Waals surface area contributed by atoms with Crippen LogP contribution in [0.15, 0.2) is 36.5 Å². The third-order valence-electron chi connectivity index (χ3n) is 2.34. The first kappa shape index (κ1) is 13.5. The van der Waals surface area contributed by atoms with Crippen LogP contribution in [0.1, 0.15) is 16.1 Å². The second-order valence-corrected chi connectivity index (χ2v) is 4.20. The van der Waals surface area contributed by atoms with Gasteiger partial charge in [-0.25, -0.2) is 0 Å². The molecule has 0 saturated carbocycles. The average molecular weight is 289 g/mol. The lowest BCUT2D eigenvalue weighted by atomic mass is 10.2. The predicted molar refractivity (Wildman–Crippen MR) is 65.2 cm³/mol. The molecule has 2 aromatic rings. The van der Waals surface area contributed by atoms with Crippen LogP contribution >= 0.6 is 11.6 Å². The highest BCUT2D eigenvalue weighted by molar-refractivity contribution is 6.31. The summed E-state index contributed by atoms with van der Waals surface area (Å²) in [6, 6.07) is 5.77. The minimum atomic E-state index is -4.45. The maximum Gasteiger partial charge on any atom is 0.416 e. The molecule has 0 saturated heterocycles. The Hall–Kier alpha value is -1.95. The Kier molecular flexibility index (Phi) is 3.53. The molecular formula is C12H8ClF3N2O. The van der Waals surface area contributed by atoms with Crippen LogP contribution in [0.25, 0.3) is 0 Å². The molecule has 19 heavy (non-hydrogen) atoms. The van der Waals surface area contributed by atoms with Crippen LogP contribution in [0.2, 0.25) is 5.02 Å². The molecule has 1 amide bonds. The second kappa shape index (κ2) is 4.97. The lowest BCUT2D eigenvalue weighted by Gasteiger charge is -2.09. The molecular weight excluding hydrogens is 281 g/mol. The van der Waals surface area contributed by atoms with Crippen LogP contribution in [0.5, 0.6) is 0 Å². The Balaban J connectivity index is 2.18. The number of rotatable bonds is 2. The number of carbonyl (C=O) groups is 1. The van der Waals surface area contributed by atoms with Crippen molar-refractivity contribution in [2.75, 3.05) is 5.32 Å². The molecule has 0 aliphatic heterocycles. The Morgan fingerprint density at radius 1 is 1.26 bits per heavy atom. The van der Waals surface area contributed by atoms with E-state index in [0.29, 0.717) is 5.02 Å². The van der Waals surface area contributed by atoms with E-state index in [9.17, 15) is 18.0 Å². The Bertz CT molecular complexity index is 607. The molecule has 2 rings (SSSR count). The summed E-state index contributed by atoms with van der Waals surface area (Å²) in [6.07, 6.45) is -3.04. The number of benzene rings is 1. The number of hydrogen-bond acceptors (Lipinski definition) is 1. The highest BCUT2D eigenvalue weighted by atomic mass is 35.5. The summed E-state index contributed by atoms with van der Waals surface area (Å²) in [5.41, 5.74) is -0.595. The summed E-state index contributed by atoms with van der Waals surface area (Å²) < 4.78 is 37.5. The van der Waals surface area contributed by atoms with E-state index in [2.05, 4.69) is 10.3 Å². The molecule has 0 unspecified atom stereocenters. The minimum absolute atomic E-state index is 0.0607. The van der Waals surface area contributed by atoms with E-state index in [-0.39, 0.29) is 11.4 Å². The van der Waals surface area contributed by atoms with Crippen molar-refractivity contribution >= 4 is 23.2 Å². The molecule has 1 aromatic heterocycles. The van der Waals surface area contributed by atoms with E-state index in [1.807, 2.05) is 0 Å². The number of aromatic nitrogens is 1. The summed E-state index contributed by atoms with van der Waals surface area (Å²) in [5.74, 6) is -0.564. The van der Waals surface area contributed by atoms with Gasteiger partial charge in [0.2, 0.25) is 0 Å². The molecule has 1 aromatic carbocycles. The van der Waals surface area contributed by atoms with Crippen LogP contribution in [0.3, 0.4) is 0 Å². The van der Waals surface area contributed by atoms with Gasteiger partial charge in [-0.05, 0) is 24.3 Å². The molecule has 0 spiro atoms. The van der Waals surface area contributed by atoms with Crippen molar-refractivity contribution in [3.05, 3.63) is 52.8 Å². The summed E-state index contributed by atoms with van der Waals surface area (Å²) in [7, 11) is 0. The zero-order valence-corrected chi connectivity index (χ0v) is 10.1. The van der Waals surface area contributed by atoms with Crippen molar-refractivity contribution in [3.63, 3.8) is 0 Å². The Morgan fingerprint density at radius 2 is 2.00 bits per heavy atom.